The topological polar surface area (TPSA) is 60.4 Å². The van der Waals surface area contributed by atoms with Crippen LogP contribution in [0, 0.1) is 5.41 Å². The first-order chi connectivity index (χ1) is 12.2. The van der Waals surface area contributed by atoms with Gasteiger partial charge < -0.3 is 0 Å². The number of amides is 1. The number of hydrogen-bond acceptors (Lipinski definition) is 5. The molecule has 6 nitrogen and oxygen atoms in total. The molecule has 1 spiro atoms. The summed E-state index contributed by atoms with van der Waals surface area (Å²) < 4.78 is 18.0. The van der Waals surface area contributed by atoms with Crippen molar-refractivity contribution in [1.82, 2.24) is 4.78 Å². The van der Waals surface area contributed by atoms with Crippen LogP contribution in [0.3, 0.4) is 0 Å². The number of carbonyl (C=O) groups excluding carboxylic acids is 1. The number of halogens is 1. The zero-order valence-corrected chi connectivity index (χ0v) is 17.3. The molecular weight excluding hydrogens is 375 g/mol. The van der Waals surface area contributed by atoms with Crippen molar-refractivity contribution in [2.24, 2.45) is 10.5 Å². The first-order valence-corrected chi connectivity index (χ1v) is 11.6. The van der Waals surface area contributed by atoms with E-state index in [0.717, 1.165) is 16.2 Å². The minimum absolute atomic E-state index is 0.000834. The van der Waals surface area contributed by atoms with Crippen molar-refractivity contribution in [2.75, 3.05) is 13.2 Å². The summed E-state index contributed by atoms with van der Waals surface area (Å²) in [7, 11) is 0. The normalized spacial score (nSPS) is 21.5. The molecule has 2 heterocycles. The third-order valence-corrected chi connectivity index (χ3v) is 9.94. The molecule has 1 amide bonds. The number of allylic oxidation sites excluding steroid dienone is 1. The van der Waals surface area contributed by atoms with E-state index in [1.54, 1.807) is 6.92 Å². The van der Waals surface area contributed by atoms with Gasteiger partial charge >= 0.3 is 158 Å². The molecule has 8 heteroatoms. The van der Waals surface area contributed by atoms with Crippen molar-refractivity contribution >= 4 is 35.1 Å². The van der Waals surface area contributed by atoms with E-state index in [1.807, 2.05) is 58.0 Å². The molecule has 2 aliphatic rings. The summed E-state index contributed by atoms with van der Waals surface area (Å²) in [6.45, 7) is 10.2. The molecule has 1 aromatic carbocycles. The maximum absolute atomic E-state index is 12.7. The third kappa shape index (κ3) is 2.58. The van der Waals surface area contributed by atoms with Gasteiger partial charge in [-0.15, -0.1) is 0 Å². The van der Waals surface area contributed by atoms with E-state index >= 15 is 0 Å². The Hall–Kier alpha value is -1.78. The van der Waals surface area contributed by atoms with Crippen molar-refractivity contribution in [3.63, 3.8) is 0 Å². The summed E-state index contributed by atoms with van der Waals surface area (Å²) >= 11 is 7.28. The van der Waals surface area contributed by atoms with Gasteiger partial charge in [0.25, 0.3) is 0 Å². The Morgan fingerprint density at radius 2 is 1.88 bits per heavy atom. The van der Waals surface area contributed by atoms with E-state index < -0.39 is 12.4 Å². The Kier molecular flexibility index (Phi) is 4.48. The summed E-state index contributed by atoms with van der Waals surface area (Å²) in [5, 5.41) is 5.93. The second-order valence-corrected chi connectivity index (χ2v) is 12.2. The van der Waals surface area contributed by atoms with Crippen LogP contribution in [0.5, 0.6) is 0 Å². The molecule has 0 aliphatic carbocycles. The molecular formula is C18H24ClN2O4P. The van der Waals surface area contributed by atoms with Gasteiger partial charge in [0.2, 0.25) is 0 Å². The van der Waals surface area contributed by atoms with E-state index in [0.29, 0.717) is 6.61 Å². The summed E-state index contributed by atoms with van der Waals surface area (Å²) in [6, 6.07) is 9.69. The van der Waals surface area contributed by atoms with Crippen molar-refractivity contribution in [1.29, 1.82) is 0 Å². The van der Waals surface area contributed by atoms with Gasteiger partial charge in [0.15, 0.2) is 0 Å². The quantitative estimate of drug-likeness (QED) is 0.608. The zero-order valence-electron chi connectivity index (χ0n) is 15.7. The molecule has 1 aromatic rings. The number of rotatable bonds is 3. The van der Waals surface area contributed by atoms with Crippen LogP contribution in [-0.2, 0) is 14.0 Å². The van der Waals surface area contributed by atoms with Crippen LogP contribution in [0.2, 0.25) is 0 Å². The van der Waals surface area contributed by atoms with Crippen molar-refractivity contribution in [3.05, 3.63) is 41.2 Å². The van der Waals surface area contributed by atoms with Crippen LogP contribution >= 0.6 is 17.6 Å². The Morgan fingerprint density at radius 3 is 2.42 bits per heavy atom. The van der Waals surface area contributed by atoms with Crippen LogP contribution in [0.1, 0.15) is 40.2 Å². The van der Waals surface area contributed by atoms with Crippen LogP contribution in [0.15, 0.2) is 40.7 Å². The third-order valence-electron chi connectivity index (χ3n) is 4.17. The van der Waals surface area contributed by atoms with Crippen molar-refractivity contribution in [3.8, 4) is 0 Å². The fourth-order valence-electron chi connectivity index (χ4n) is 3.36. The van der Waals surface area contributed by atoms with Gasteiger partial charge in [-0.05, 0) is 0 Å². The van der Waals surface area contributed by atoms with Crippen LogP contribution in [0.4, 0.5) is 4.79 Å². The zero-order chi connectivity index (χ0) is 19.2. The number of hydrogen-bond donors (Lipinski definition) is 0. The van der Waals surface area contributed by atoms with Gasteiger partial charge in [-0.25, -0.2) is 0 Å². The van der Waals surface area contributed by atoms with Gasteiger partial charge in [0, 0.05) is 0 Å². The molecule has 0 fully saturated rings. The Labute approximate surface area is 158 Å². The number of carbonyl (C=O) groups is 1. The summed E-state index contributed by atoms with van der Waals surface area (Å²) in [5.41, 5.74) is 0.583. The minimum atomic E-state index is -3.92. The Bertz CT molecular complexity index is 805. The predicted molar refractivity (Wildman–Crippen MR) is 105 cm³/mol. The molecule has 0 atom stereocenters. The monoisotopic (exact) mass is 398 g/mol. The van der Waals surface area contributed by atoms with E-state index in [4.69, 9.17) is 25.2 Å². The van der Waals surface area contributed by atoms with Gasteiger partial charge in [-0.3, -0.25) is 0 Å². The molecule has 0 saturated carbocycles. The second-order valence-electron chi connectivity index (χ2n) is 7.08. The molecule has 0 N–H and O–H groups in total. The molecule has 3 rings (SSSR count). The van der Waals surface area contributed by atoms with Gasteiger partial charge in [-0.2, -0.15) is 0 Å². The molecule has 0 saturated heterocycles. The fourth-order valence-corrected chi connectivity index (χ4v) is 10.2. The molecule has 0 radical (unpaired) electrons. The second kappa shape index (κ2) is 6.14. The summed E-state index contributed by atoms with van der Waals surface area (Å²) in [5.74, 6) is 0. The van der Waals surface area contributed by atoms with E-state index in [-0.39, 0.29) is 18.1 Å². The SMILES string of the molecule is CCOC(=O)N1N=C(OCC)OP12(Cl)C(c1ccccc1)=C2C(C)(C)C. The summed E-state index contributed by atoms with van der Waals surface area (Å²) in [6.07, 6.45) is -4.56. The van der Waals surface area contributed by atoms with Gasteiger partial charge in [-0.1, -0.05) is 0 Å². The van der Waals surface area contributed by atoms with E-state index in [2.05, 4.69) is 5.10 Å². The van der Waals surface area contributed by atoms with Gasteiger partial charge in [0.05, 0.1) is 0 Å². The van der Waals surface area contributed by atoms with E-state index in [9.17, 15) is 4.79 Å². The average Bonchev–Trinajstić information content (AvgIpc) is 3.02. The first-order valence-electron chi connectivity index (χ1n) is 8.61. The standard InChI is InChI=1S/C18H24ClN2O4P/c1-6-23-16-20-21(17(22)24-7-2)26(19,25-16)14(15(26)18(3,4)5)13-11-9-8-10-12-13/h8-12H,6-7H2,1-5H3. The van der Waals surface area contributed by atoms with Gasteiger partial charge in [0.1, 0.15) is 0 Å². The van der Waals surface area contributed by atoms with Crippen molar-refractivity contribution in [2.45, 2.75) is 34.6 Å². The number of hydrazone groups is 1. The Morgan fingerprint density at radius 1 is 1.23 bits per heavy atom. The maximum atomic E-state index is 12.7. The van der Waals surface area contributed by atoms with E-state index in [1.165, 1.54) is 4.78 Å². The van der Waals surface area contributed by atoms with Crippen molar-refractivity contribution < 1.29 is 18.8 Å². The van der Waals surface area contributed by atoms with Crippen LogP contribution in [0.25, 0.3) is 5.31 Å². The number of benzene rings is 1. The molecule has 26 heavy (non-hydrogen) atoms. The number of nitrogens with zero attached hydrogens (tertiary/aromatic N) is 2. The molecule has 0 unspecified atom stereocenters. The molecule has 142 valence electrons. The van der Waals surface area contributed by atoms with Crippen LogP contribution in [-0.4, -0.2) is 30.2 Å². The molecule has 2 aliphatic heterocycles. The first kappa shape index (κ1) is 19.0. The summed E-state index contributed by atoms with van der Waals surface area (Å²) in [4.78, 5) is 12.7. The average molecular weight is 399 g/mol. The fraction of sp³-hybridized carbons (Fsp3) is 0.444. The predicted octanol–water partition coefficient (Wildman–Crippen LogP) is 5.75. The molecule has 0 aromatic heterocycles. The Balaban J connectivity index is 2.15. The number of ether oxygens (including phenoxy) is 2. The molecule has 0 bridgehead atoms. The van der Waals surface area contributed by atoms with Crippen LogP contribution < -0.4 is 0 Å².